The van der Waals surface area contributed by atoms with Crippen molar-refractivity contribution in [1.82, 2.24) is 0 Å². The molecule has 0 bridgehead atoms. The molecule has 1 aromatic rings. The number of rotatable bonds is 4. The van der Waals surface area contributed by atoms with Crippen LogP contribution < -0.4 is 0 Å². The number of alkyl halides is 3. The van der Waals surface area contributed by atoms with Gasteiger partial charge in [-0.1, -0.05) is 76.0 Å². The highest BCUT2D eigenvalue weighted by Gasteiger charge is 2.66. The van der Waals surface area contributed by atoms with Crippen molar-refractivity contribution in [2.75, 3.05) is 0 Å². The quantitative estimate of drug-likeness (QED) is 0.471. The molecule has 0 radical (unpaired) electrons. The van der Waals surface area contributed by atoms with E-state index in [0.717, 1.165) is 5.56 Å². The Morgan fingerprint density at radius 1 is 1.37 bits per heavy atom. The average molecular weight is 429 g/mol. The van der Waals surface area contributed by atoms with E-state index in [0.29, 0.717) is 0 Å². The van der Waals surface area contributed by atoms with Gasteiger partial charge in [0.25, 0.3) is 0 Å². The minimum absolute atomic E-state index is 0.0910. The van der Waals surface area contributed by atoms with Gasteiger partial charge in [0.1, 0.15) is 3.78 Å². The Bertz CT molecular complexity index is 487. The Kier molecular flexibility index (Phi) is 4.43. The molecule has 1 nitrogen and oxygen atoms in total. The van der Waals surface area contributed by atoms with E-state index < -0.39 is 3.78 Å². The second kappa shape index (κ2) is 5.32. The Morgan fingerprint density at radius 3 is 2.32 bits per heavy atom. The van der Waals surface area contributed by atoms with Crippen LogP contribution in [-0.2, 0) is 8.58 Å². The van der Waals surface area contributed by atoms with Crippen molar-refractivity contribution in [3.8, 4) is 0 Å². The van der Waals surface area contributed by atoms with E-state index in [2.05, 4.69) is 31.9 Å². The molecule has 19 heavy (non-hydrogen) atoms. The molecule has 0 heterocycles. The SMILES string of the molecule is CC1(C)C(C(=O)Cl)C1C(Br)C(Cl)(Br)c1ccccc1. The van der Waals surface area contributed by atoms with Crippen LogP contribution in [0.2, 0.25) is 0 Å². The lowest BCUT2D eigenvalue weighted by Gasteiger charge is -2.27. The van der Waals surface area contributed by atoms with Crippen molar-refractivity contribution in [3.63, 3.8) is 0 Å². The molecule has 4 unspecified atom stereocenters. The molecule has 1 aliphatic rings. The first-order valence-electron chi connectivity index (χ1n) is 5.97. The van der Waals surface area contributed by atoms with Crippen molar-refractivity contribution in [2.45, 2.75) is 22.5 Å². The molecule has 1 saturated carbocycles. The van der Waals surface area contributed by atoms with Crippen LogP contribution >= 0.6 is 55.1 Å². The Hall–Kier alpha value is 0.430. The predicted molar refractivity (Wildman–Crippen MR) is 87.2 cm³/mol. The monoisotopic (exact) mass is 426 g/mol. The molecule has 5 heteroatoms. The van der Waals surface area contributed by atoms with Gasteiger partial charge < -0.3 is 0 Å². The first kappa shape index (κ1) is 15.8. The summed E-state index contributed by atoms with van der Waals surface area (Å²) in [6.07, 6.45) is 0. The van der Waals surface area contributed by atoms with E-state index in [1.165, 1.54) is 0 Å². The zero-order valence-corrected chi connectivity index (χ0v) is 15.2. The van der Waals surface area contributed by atoms with E-state index in [9.17, 15) is 4.79 Å². The summed E-state index contributed by atoms with van der Waals surface area (Å²) in [6, 6.07) is 9.75. The van der Waals surface area contributed by atoms with Crippen LogP contribution in [-0.4, -0.2) is 10.1 Å². The van der Waals surface area contributed by atoms with E-state index in [1.807, 2.05) is 44.2 Å². The fraction of sp³-hybridized carbons (Fsp3) is 0.500. The van der Waals surface area contributed by atoms with Crippen molar-refractivity contribution in [2.24, 2.45) is 17.3 Å². The second-order valence-corrected chi connectivity index (χ2v) is 9.18. The van der Waals surface area contributed by atoms with Crippen molar-refractivity contribution >= 4 is 60.3 Å². The number of hydrogen-bond donors (Lipinski definition) is 0. The van der Waals surface area contributed by atoms with Gasteiger partial charge in [-0.25, -0.2) is 0 Å². The molecule has 1 aromatic carbocycles. The van der Waals surface area contributed by atoms with Gasteiger partial charge in [-0.3, -0.25) is 4.79 Å². The summed E-state index contributed by atoms with van der Waals surface area (Å²) in [7, 11) is 0. The summed E-state index contributed by atoms with van der Waals surface area (Å²) in [5.41, 5.74) is 0.831. The third-order valence-electron chi connectivity index (χ3n) is 3.98. The van der Waals surface area contributed by atoms with Crippen LogP contribution in [0.1, 0.15) is 19.4 Å². The summed E-state index contributed by atoms with van der Waals surface area (Å²) in [5, 5.41) is -0.285. The lowest BCUT2D eigenvalue weighted by molar-refractivity contribution is -0.113. The maximum Gasteiger partial charge on any atom is 0.225 e. The average Bonchev–Trinajstić information content (AvgIpc) is 2.92. The maximum absolute atomic E-state index is 11.5. The molecule has 0 aliphatic heterocycles. The molecular weight excluding hydrogens is 415 g/mol. The third kappa shape index (κ3) is 2.76. The van der Waals surface area contributed by atoms with Gasteiger partial charge in [0.05, 0.1) is 4.83 Å². The molecule has 4 atom stereocenters. The fourth-order valence-corrected chi connectivity index (χ4v) is 5.18. The minimum Gasteiger partial charge on any atom is -0.281 e. The Labute approximate surface area is 140 Å². The van der Waals surface area contributed by atoms with Crippen LogP contribution in [0.15, 0.2) is 30.3 Å². The van der Waals surface area contributed by atoms with Gasteiger partial charge >= 0.3 is 0 Å². The zero-order valence-electron chi connectivity index (χ0n) is 10.5. The van der Waals surface area contributed by atoms with E-state index >= 15 is 0 Å². The number of carbonyl (C=O) groups excluding carboxylic acids is 1. The number of hydrogen-bond acceptors (Lipinski definition) is 1. The summed E-state index contributed by atoms with van der Waals surface area (Å²) >= 11 is 19.6. The second-order valence-electron chi connectivity index (χ2n) is 5.52. The van der Waals surface area contributed by atoms with E-state index in [1.54, 1.807) is 0 Å². The summed E-state index contributed by atoms with van der Waals surface area (Å²) in [6.45, 7) is 4.09. The lowest BCUT2D eigenvalue weighted by atomic mass is 10.0. The van der Waals surface area contributed by atoms with Crippen LogP contribution in [0.5, 0.6) is 0 Å². The summed E-state index contributed by atoms with van der Waals surface area (Å²) in [4.78, 5) is 11.4. The summed E-state index contributed by atoms with van der Waals surface area (Å²) in [5.74, 6) is -0.0486. The van der Waals surface area contributed by atoms with Crippen LogP contribution in [0.4, 0.5) is 0 Å². The third-order valence-corrected chi connectivity index (χ3v) is 7.75. The molecule has 1 fully saturated rings. The van der Waals surface area contributed by atoms with Gasteiger partial charge in [0.2, 0.25) is 5.24 Å². The van der Waals surface area contributed by atoms with Gasteiger partial charge in [-0.2, -0.15) is 0 Å². The van der Waals surface area contributed by atoms with Crippen molar-refractivity contribution < 1.29 is 4.79 Å². The smallest absolute Gasteiger partial charge is 0.225 e. The normalized spacial score (nSPS) is 29.4. The highest BCUT2D eigenvalue weighted by Crippen LogP contribution is 2.66. The molecule has 0 aromatic heterocycles. The topological polar surface area (TPSA) is 17.1 Å². The largest absolute Gasteiger partial charge is 0.281 e. The molecule has 1 aliphatic carbocycles. The van der Waals surface area contributed by atoms with Gasteiger partial charge in [0, 0.05) is 5.92 Å². The maximum atomic E-state index is 11.5. The fourth-order valence-electron chi connectivity index (χ4n) is 2.70. The van der Waals surface area contributed by atoms with Crippen LogP contribution in [0.3, 0.4) is 0 Å². The Morgan fingerprint density at radius 2 is 1.89 bits per heavy atom. The van der Waals surface area contributed by atoms with E-state index in [4.69, 9.17) is 23.2 Å². The molecule has 0 N–H and O–H groups in total. The highest BCUT2D eigenvalue weighted by molar-refractivity contribution is 9.12. The standard InChI is InChI=1S/C14H14Br2Cl2O/c1-13(2)9(10(13)12(17)19)11(15)14(16,18)8-6-4-3-5-7-8/h3-7,9-11H,1-2H3. The summed E-state index contributed by atoms with van der Waals surface area (Å²) < 4.78 is -0.753. The molecule has 0 saturated heterocycles. The first-order chi connectivity index (χ1) is 8.70. The Balaban J connectivity index is 2.26. The van der Waals surface area contributed by atoms with Crippen molar-refractivity contribution in [1.29, 1.82) is 0 Å². The molecule has 2 rings (SSSR count). The predicted octanol–water partition coefficient (Wildman–Crippen LogP) is 5.27. The van der Waals surface area contributed by atoms with Crippen molar-refractivity contribution in [3.05, 3.63) is 35.9 Å². The molecule has 104 valence electrons. The van der Waals surface area contributed by atoms with Gasteiger partial charge in [-0.15, -0.1) is 11.6 Å². The number of benzene rings is 1. The highest BCUT2D eigenvalue weighted by atomic mass is 79.9. The van der Waals surface area contributed by atoms with Crippen LogP contribution in [0, 0.1) is 17.3 Å². The van der Waals surface area contributed by atoms with Gasteiger partial charge in [0.15, 0.2) is 0 Å². The first-order valence-corrected chi connectivity index (χ1v) is 8.44. The zero-order chi connectivity index (χ0) is 14.4. The number of halogens is 4. The van der Waals surface area contributed by atoms with Gasteiger partial charge in [-0.05, 0) is 28.5 Å². The van der Waals surface area contributed by atoms with E-state index in [-0.39, 0.29) is 27.3 Å². The lowest BCUT2D eigenvalue weighted by Crippen LogP contribution is -2.27. The minimum atomic E-state index is -0.753. The number of carbonyl (C=O) groups is 1. The molecular formula is C14H14Br2Cl2O. The molecule has 0 spiro atoms. The van der Waals surface area contributed by atoms with Crippen LogP contribution in [0.25, 0.3) is 0 Å². The molecule has 0 amide bonds.